The predicted octanol–water partition coefficient (Wildman–Crippen LogP) is 4.48. The zero-order chi connectivity index (χ0) is 20.3. The lowest BCUT2D eigenvalue weighted by molar-refractivity contribution is -0.172. The number of fused-ring (bicyclic) bond motifs is 5. The van der Waals surface area contributed by atoms with Gasteiger partial charge in [-0.3, -0.25) is 4.79 Å². The van der Waals surface area contributed by atoms with Crippen LogP contribution in [0.1, 0.15) is 85.0 Å². The van der Waals surface area contributed by atoms with Crippen molar-refractivity contribution in [2.75, 3.05) is 0 Å². The van der Waals surface area contributed by atoms with Crippen LogP contribution in [0.5, 0.6) is 0 Å². The summed E-state index contributed by atoms with van der Waals surface area (Å²) >= 11 is 0. The third kappa shape index (κ3) is 3.14. The van der Waals surface area contributed by atoms with Crippen molar-refractivity contribution in [1.82, 2.24) is 0 Å². The average molecular weight is 393 g/mol. The molecule has 0 aromatic heterocycles. The lowest BCUT2D eigenvalue weighted by atomic mass is 9.44. The molecule has 0 spiro atoms. The Morgan fingerprint density at radius 2 is 1.64 bits per heavy atom. The van der Waals surface area contributed by atoms with Gasteiger partial charge in [0.1, 0.15) is 0 Å². The fourth-order valence-corrected chi connectivity index (χ4v) is 8.81. The molecule has 0 amide bonds. The minimum absolute atomic E-state index is 0.176. The monoisotopic (exact) mass is 392 g/mol. The Labute approximate surface area is 170 Å². The first-order chi connectivity index (χ1) is 13.2. The summed E-state index contributed by atoms with van der Waals surface area (Å²) in [5.41, 5.74) is 0.478. The molecule has 4 heteroatoms. The number of aliphatic hydroxyl groups excluding tert-OH is 2. The molecule has 4 aliphatic carbocycles. The Bertz CT molecular complexity index is 605. The standard InChI is InChI=1S/C24H40O4/c1-14(4-7-22(27)28)17-5-6-18-16-13-21(26)20-12-15(25)8-10-24(20,3)19(16)9-11-23(17,18)2/h14-21,25-26H,4-13H2,1-3H3,(H,27,28)/t14-,15-,16+,17+,18-,19-,20+,21+,23-,24-/m1/s1. The van der Waals surface area contributed by atoms with Gasteiger partial charge < -0.3 is 15.3 Å². The van der Waals surface area contributed by atoms with E-state index in [0.29, 0.717) is 35.0 Å². The molecule has 10 atom stereocenters. The first-order valence-electron chi connectivity index (χ1n) is 11.7. The summed E-state index contributed by atoms with van der Waals surface area (Å²) in [5, 5.41) is 30.4. The zero-order valence-electron chi connectivity index (χ0n) is 17.9. The molecule has 4 aliphatic rings. The molecule has 0 bridgehead atoms. The summed E-state index contributed by atoms with van der Waals surface area (Å²) < 4.78 is 0. The molecule has 4 saturated carbocycles. The van der Waals surface area contributed by atoms with E-state index in [9.17, 15) is 15.0 Å². The van der Waals surface area contributed by atoms with Crippen molar-refractivity contribution in [3.05, 3.63) is 0 Å². The number of carboxylic acids is 1. The van der Waals surface area contributed by atoms with Crippen LogP contribution in [0.4, 0.5) is 0 Å². The van der Waals surface area contributed by atoms with Gasteiger partial charge in [0.15, 0.2) is 0 Å². The molecule has 28 heavy (non-hydrogen) atoms. The van der Waals surface area contributed by atoms with E-state index in [1.165, 1.54) is 25.7 Å². The Morgan fingerprint density at radius 3 is 2.36 bits per heavy atom. The van der Waals surface area contributed by atoms with Crippen LogP contribution in [0.25, 0.3) is 0 Å². The van der Waals surface area contributed by atoms with E-state index in [1.807, 2.05) is 0 Å². The predicted molar refractivity (Wildman–Crippen MR) is 109 cm³/mol. The Kier molecular flexibility index (Phi) is 5.36. The highest BCUT2D eigenvalue weighted by Crippen LogP contribution is 2.68. The molecule has 0 heterocycles. The van der Waals surface area contributed by atoms with Crippen LogP contribution in [0.3, 0.4) is 0 Å². The van der Waals surface area contributed by atoms with Crippen LogP contribution in [-0.2, 0) is 4.79 Å². The van der Waals surface area contributed by atoms with Crippen molar-refractivity contribution in [3.8, 4) is 0 Å². The molecule has 4 nitrogen and oxygen atoms in total. The maximum Gasteiger partial charge on any atom is 0.303 e. The molecule has 0 aromatic carbocycles. The molecular weight excluding hydrogens is 352 g/mol. The normalized spacial score (nSPS) is 51.7. The van der Waals surface area contributed by atoms with E-state index in [0.717, 1.165) is 32.1 Å². The number of aliphatic hydroxyl groups is 2. The number of rotatable bonds is 4. The fourth-order valence-electron chi connectivity index (χ4n) is 8.81. The SMILES string of the molecule is C[C@H](CCC(=O)O)[C@@H]1CC[C@@H]2[C@@H]3C[C@H](O)[C@@H]4C[C@H](O)CC[C@]4(C)[C@@H]3CC[C@@]21C. The summed E-state index contributed by atoms with van der Waals surface area (Å²) in [6.07, 6.45) is 9.16. The van der Waals surface area contributed by atoms with Gasteiger partial charge in [-0.25, -0.2) is 0 Å². The van der Waals surface area contributed by atoms with Crippen molar-refractivity contribution in [2.24, 2.45) is 46.3 Å². The largest absolute Gasteiger partial charge is 0.481 e. The topological polar surface area (TPSA) is 77.8 Å². The Hall–Kier alpha value is -0.610. The van der Waals surface area contributed by atoms with E-state index in [2.05, 4.69) is 20.8 Å². The van der Waals surface area contributed by atoms with Gasteiger partial charge in [0.05, 0.1) is 12.2 Å². The molecule has 4 rings (SSSR count). The van der Waals surface area contributed by atoms with E-state index in [4.69, 9.17) is 5.11 Å². The van der Waals surface area contributed by atoms with Crippen molar-refractivity contribution >= 4 is 5.97 Å². The summed E-state index contributed by atoms with van der Waals surface area (Å²) in [7, 11) is 0. The van der Waals surface area contributed by atoms with Crippen molar-refractivity contribution in [3.63, 3.8) is 0 Å². The van der Waals surface area contributed by atoms with Gasteiger partial charge >= 0.3 is 5.97 Å². The second-order valence-electron chi connectivity index (χ2n) is 11.4. The number of hydrogen-bond donors (Lipinski definition) is 3. The van der Waals surface area contributed by atoms with E-state index >= 15 is 0 Å². The van der Waals surface area contributed by atoms with Crippen molar-refractivity contribution in [2.45, 2.75) is 97.2 Å². The molecule has 0 radical (unpaired) electrons. The number of carbonyl (C=O) groups is 1. The third-order valence-corrected chi connectivity index (χ3v) is 10.2. The maximum absolute atomic E-state index is 11.1. The number of hydrogen-bond acceptors (Lipinski definition) is 3. The Balaban J connectivity index is 1.55. The first kappa shape index (κ1) is 20.7. The zero-order valence-corrected chi connectivity index (χ0v) is 17.9. The second kappa shape index (κ2) is 7.27. The molecule has 0 aliphatic heterocycles. The lowest BCUT2D eigenvalue weighted by Gasteiger charge is -2.62. The molecule has 0 saturated heterocycles. The summed E-state index contributed by atoms with van der Waals surface area (Å²) in [6.45, 7) is 7.16. The van der Waals surface area contributed by atoms with Gasteiger partial charge in [-0.05, 0) is 104 Å². The van der Waals surface area contributed by atoms with Gasteiger partial charge in [-0.2, -0.15) is 0 Å². The van der Waals surface area contributed by atoms with Crippen LogP contribution in [0.15, 0.2) is 0 Å². The van der Waals surface area contributed by atoms with Crippen LogP contribution >= 0.6 is 0 Å². The maximum atomic E-state index is 11.1. The van der Waals surface area contributed by atoms with Crippen LogP contribution in [0.2, 0.25) is 0 Å². The smallest absolute Gasteiger partial charge is 0.303 e. The highest BCUT2D eigenvalue weighted by Gasteiger charge is 2.62. The molecule has 0 unspecified atom stereocenters. The van der Waals surface area contributed by atoms with Crippen molar-refractivity contribution < 1.29 is 20.1 Å². The second-order valence-corrected chi connectivity index (χ2v) is 11.4. The van der Waals surface area contributed by atoms with Gasteiger partial charge in [0.2, 0.25) is 0 Å². The summed E-state index contributed by atoms with van der Waals surface area (Å²) in [4.78, 5) is 11.1. The highest BCUT2D eigenvalue weighted by molar-refractivity contribution is 5.66. The molecular formula is C24H40O4. The lowest BCUT2D eigenvalue weighted by Crippen LogP contribution is -2.58. The van der Waals surface area contributed by atoms with Crippen LogP contribution < -0.4 is 0 Å². The highest BCUT2D eigenvalue weighted by atomic mass is 16.4. The van der Waals surface area contributed by atoms with Gasteiger partial charge in [0.25, 0.3) is 0 Å². The van der Waals surface area contributed by atoms with Crippen LogP contribution in [-0.4, -0.2) is 33.5 Å². The minimum atomic E-state index is -0.677. The fraction of sp³-hybridized carbons (Fsp3) is 0.958. The minimum Gasteiger partial charge on any atom is -0.481 e. The van der Waals surface area contributed by atoms with Gasteiger partial charge in [-0.15, -0.1) is 0 Å². The number of carboxylic acid groups (broad SMARTS) is 1. The first-order valence-corrected chi connectivity index (χ1v) is 11.7. The average Bonchev–Trinajstić information content (AvgIpc) is 2.99. The van der Waals surface area contributed by atoms with Crippen LogP contribution in [0, 0.1) is 46.3 Å². The van der Waals surface area contributed by atoms with E-state index in [-0.39, 0.29) is 30.0 Å². The van der Waals surface area contributed by atoms with Gasteiger partial charge in [-0.1, -0.05) is 20.8 Å². The van der Waals surface area contributed by atoms with E-state index in [1.54, 1.807) is 0 Å². The number of aliphatic carboxylic acids is 1. The molecule has 3 N–H and O–H groups in total. The van der Waals surface area contributed by atoms with Crippen molar-refractivity contribution in [1.29, 1.82) is 0 Å². The summed E-state index contributed by atoms with van der Waals surface area (Å²) in [5.74, 6) is 2.61. The molecule has 4 fully saturated rings. The van der Waals surface area contributed by atoms with E-state index < -0.39 is 5.97 Å². The summed E-state index contributed by atoms with van der Waals surface area (Å²) in [6, 6.07) is 0. The Morgan fingerprint density at radius 1 is 0.964 bits per heavy atom. The quantitative estimate of drug-likeness (QED) is 0.659. The third-order valence-electron chi connectivity index (χ3n) is 10.2. The molecule has 160 valence electrons. The molecule has 0 aromatic rings. The van der Waals surface area contributed by atoms with Gasteiger partial charge in [0, 0.05) is 6.42 Å².